The number of carbonyl (C=O) groups is 1. The number of para-hydroxylation sites is 1. The van der Waals surface area contributed by atoms with E-state index in [4.69, 9.17) is 11.6 Å². The van der Waals surface area contributed by atoms with Crippen LogP contribution in [0.25, 0.3) is 17.1 Å². The number of carbonyl (C=O) groups excluding carboxylic acids is 1. The van der Waals surface area contributed by atoms with E-state index < -0.39 is 5.91 Å². The Hall–Kier alpha value is -4.03. The number of tetrazole rings is 1. The number of hydrogen-bond acceptors (Lipinski definition) is 6. The van der Waals surface area contributed by atoms with Gasteiger partial charge >= 0.3 is 0 Å². The number of anilines is 1. The van der Waals surface area contributed by atoms with E-state index in [0.717, 1.165) is 5.56 Å². The number of aromatic nitrogens is 6. The number of hydrogen-bond donors (Lipinski definition) is 1. The Morgan fingerprint density at radius 3 is 2.62 bits per heavy atom. The molecule has 0 spiro atoms. The molecule has 1 amide bonds. The van der Waals surface area contributed by atoms with Crippen molar-refractivity contribution < 1.29 is 4.79 Å². The predicted octanol–water partition coefficient (Wildman–Crippen LogP) is 2.69. The van der Waals surface area contributed by atoms with Crippen LogP contribution in [-0.4, -0.2) is 35.9 Å². The number of nitrogens with one attached hydrogen (secondary N) is 1. The molecule has 0 aliphatic carbocycles. The van der Waals surface area contributed by atoms with Gasteiger partial charge in [-0.1, -0.05) is 29.8 Å². The van der Waals surface area contributed by atoms with Crippen LogP contribution in [0, 0.1) is 11.3 Å². The average Bonchev–Trinajstić information content (AvgIpc) is 3.36. The minimum absolute atomic E-state index is 0.175. The molecule has 142 valence electrons. The van der Waals surface area contributed by atoms with Gasteiger partial charge in [0, 0.05) is 10.6 Å². The molecule has 0 saturated carbocycles. The number of rotatable bonds is 5. The van der Waals surface area contributed by atoms with Gasteiger partial charge in [-0.05, 0) is 41.6 Å². The molecule has 29 heavy (non-hydrogen) atoms. The lowest BCUT2D eigenvalue weighted by atomic mass is 10.2. The van der Waals surface area contributed by atoms with Crippen molar-refractivity contribution in [2.45, 2.75) is 6.54 Å². The molecule has 1 N–H and O–H groups in total. The third-order valence-electron chi connectivity index (χ3n) is 3.99. The third kappa shape index (κ3) is 3.97. The highest BCUT2D eigenvalue weighted by atomic mass is 35.5. The van der Waals surface area contributed by atoms with Crippen LogP contribution in [0.1, 0.15) is 5.56 Å². The van der Waals surface area contributed by atoms with Crippen molar-refractivity contribution in [3.63, 3.8) is 0 Å². The molecule has 4 rings (SSSR count). The van der Waals surface area contributed by atoms with Crippen LogP contribution in [0.2, 0.25) is 5.02 Å². The summed E-state index contributed by atoms with van der Waals surface area (Å²) in [5, 5.41) is 28.9. The first-order chi connectivity index (χ1) is 14.1. The van der Waals surface area contributed by atoms with Crippen LogP contribution in [0.5, 0.6) is 0 Å². The van der Waals surface area contributed by atoms with Gasteiger partial charge in [-0.3, -0.25) is 4.79 Å². The molecule has 2 aromatic carbocycles. The fourth-order valence-electron chi connectivity index (χ4n) is 2.64. The maximum atomic E-state index is 12.5. The standard InChI is InChI=1S/C19H13ClN8O/c20-15-8-6-13(7-9-15)18-24-26-27(25-18)12-17(29)23-19-14(10-21)11-22-28(19)16-4-2-1-3-5-16/h1-9,11H,12H2,(H,23,29). The lowest BCUT2D eigenvalue weighted by molar-refractivity contribution is -0.117. The van der Waals surface area contributed by atoms with Gasteiger partial charge in [0.1, 0.15) is 18.2 Å². The van der Waals surface area contributed by atoms with Crippen LogP contribution in [0.15, 0.2) is 60.8 Å². The number of amides is 1. The maximum absolute atomic E-state index is 12.5. The van der Waals surface area contributed by atoms with Crippen LogP contribution < -0.4 is 5.32 Å². The van der Waals surface area contributed by atoms with Crippen molar-refractivity contribution in [2.75, 3.05) is 5.32 Å². The first-order valence-corrected chi connectivity index (χ1v) is 8.89. The summed E-state index contributed by atoms with van der Waals surface area (Å²) in [6, 6.07) is 18.2. The molecule has 0 fully saturated rings. The van der Waals surface area contributed by atoms with Gasteiger partial charge in [0.15, 0.2) is 5.82 Å². The molecule has 0 bridgehead atoms. The van der Waals surface area contributed by atoms with Crippen molar-refractivity contribution in [1.29, 1.82) is 5.26 Å². The van der Waals surface area contributed by atoms with E-state index in [1.165, 1.54) is 15.7 Å². The molecule has 10 heteroatoms. The Labute approximate surface area is 170 Å². The predicted molar refractivity (Wildman–Crippen MR) is 105 cm³/mol. The van der Waals surface area contributed by atoms with Crippen molar-refractivity contribution in [3.05, 3.63) is 71.4 Å². The largest absolute Gasteiger partial charge is 0.308 e. The molecule has 2 heterocycles. The van der Waals surface area contributed by atoms with Gasteiger partial charge in [0.05, 0.1) is 11.9 Å². The van der Waals surface area contributed by atoms with Crippen LogP contribution in [-0.2, 0) is 11.3 Å². The maximum Gasteiger partial charge on any atom is 0.249 e. The molecular formula is C19H13ClN8O. The van der Waals surface area contributed by atoms with Gasteiger partial charge in [-0.25, -0.2) is 4.68 Å². The van der Waals surface area contributed by atoms with E-state index in [9.17, 15) is 10.1 Å². The Morgan fingerprint density at radius 2 is 1.90 bits per heavy atom. The number of nitriles is 1. The lowest BCUT2D eigenvalue weighted by Crippen LogP contribution is -2.22. The fourth-order valence-corrected chi connectivity index (χ4v) is 2.77. The molecule has 0 unspecified atom stereocenters. The van der Waals surface area contributed by atoms with Gasteiger partial charge in [0.25, 0.3) is 0 Å². The van der Waals surface area contributed by atoms with Crippen molar-refractivity contribution in [3.8, 4) is 23.1 Å². The second-order valence-corrected chi connectivity index (χ2v) is 6.40. The lowest BCUT2D eigenvalue weighted by Gasteiger charge is -2.09. The van der Waals surface area contributed by atoms with Gasteiger partial charge in [-0.15, -0.1) is 10.2 Å². The highest BCUT2D eigenvalue weighted by molar-refractivity contribution is 6.30. The highest BCUT2D eigenvalue weighted by Gasteiger charge is 2.16. The van der Waals surface area contributed by atoms with Crippen LogP contribution in [0.4, 0.5) is 5.82 Å². The summed E-state index contributed by atoms with van der Waals surface area (Å²) in [7, 11) is 0. The SMILES string of the molecule is N#Cc1cnn(-c2ccccc2)c1NC(=O)Cn1nnc(-c2ccc(Cl)cc2)n1. The van der Waals surface area contributed by atoms with Gasteiger partial charge in [0.2, 0.25) is 11.7 Å². The zero-order valence-electron chi connectivity index (χ0n) is 14.9. The summed E-state index contributed by atoms with van der Waals surface area (Å²) in [6.07, 6.45) is 1.40. The summed E-state index contributed by atoms with van der Waals surface area (Å²) in [5.74, 6) is 0.238. The molecule has 0 atom stereocenters. The molecule has 4 aromatic rings. The molecule has 0 aliphatic rings. The van der Waals surface area contributed by atoms with Crippen molar-refractivity contribution in [2.24, 2.45) is 0 Å². The second kappa shape index (κ2) is 7.92. The summed E-state index contributed by atoms with van der Waals surface area (Å²) in [6.45, 7) is -0.175. The number of benzene rings is 2. The van der Waals surface area contributed by atoms with Crippen molar-refractivity contribution >= 4 is 23.3 Å². The minimum atomic E-state index is -0.417. The first-order valence-electron chi connectivity index (χ1n) is 8.51. The molecular weight excluding hydrogens is 392 g/mol. The fraction of sp³-hybridized carbons (Fsp3) is 0.0526. The van der Waals surface area contributed by atoms with Crippen LogP contribution >= 0.6 is 11.6 Å². The molecule has 9 nitrogen and oxygen atoms in total. The zero-order valence-corrected chi connectivity index (χ0v) is 15.7. The molecule has 0 radical (unpaired) electrons. The highest BCUT2D eigenvalue weighted by Crippen LogP contribution is 2.20. The second-order valence-electron chi connectivity index (χ2n) is 5.96. The van der Waals surface area contributed by atoms with E-state index in [2.05, 4.69) is 25.8 Å². The first kappa shape index (κ1) is 18.3. The van der Waals surface area contributed by atoms with E-state index in [0.29, 0.717) is 16.5 Å². The van der Waals surface area contributed by atoms with E-state index in [-0.39, 0.29) is 17.9 Å². The zero-order chi connectivity index (χ0) is 20.2. The van der Waals surface area contributed by atoms with E-state index >= 15 is 0 Å². The molecule has 0 saturated heterocycles. The van der Waals surface area contributed by atoms with Gasteiger partial charge < -0.3 is 5.32 Å². The summed E-state index contributed by atoms with van der Waals surface area (Å²) >= 11 is 5.88. The van der Waals surface area contributed by atoms with E-state index in [1.807, 2.05) is 36.4 Å². The summed E-state index contributed by atoms with van der Waals surface area (Å²) in [4.78, 5) is 13.7. The monoisotopic (exact) mass is 404 g/mol. The summed E-state index contributed by atoms with van der Waals surface area (Å²) < 4.78 is 1.49. The number of nitrogens with zero attached hydrogens (tertiary/aromatic N) is 7. The molecule has 0 aliphatic heterocycles. The Bertz CT molecular complexity index is 1190. The Balaban J connectivity index is 1.52. The molecule has 2 aromatic heterocycles. The van der Waals surface area contributed by atoms with Gasteiger partial charge in [-0.2, -0.15) is 15.2 Å². The van der Waals surface area contributed by atoms with Crippen LogP contribution in [0.3, 0.4) is 0 Å². The minimum Gasteiger partial charge on any atom is -0.308 e. The smallest absolute Gasteiger partial charge is 0.249 e. The van der Waals surface area contributed by atoms with Crippen molar-refractivity contribution in [1.82, 2.24) is 30.0 Å². The Morgan fingerprint density at radius 1 is 1.14 bits per heavy atom. The quantitative estimate of drug-likeness (QED) is 0.547. The Kier molecular flexibility index (Phi) is 5.01. The van der Waals surface area contributed by atoms with E-state index in [1.54, 1.807) is 24.3 Å². The average molecular weight is 405 g/mol. The third-order valence-corrected chi connectivity index (χ3v) is 4.24. The summed E-state index contributed by atoms with van der Waals surface area (Å²) in [5.41, 5.74) is 1.69. The normalized spacial score (nSPS) is 10.5. The topological polar surface area (TPSA) is 114 Å². The number of halogens is 1.